The van der Waals surface area contributed by atoms with Crippen LogP contribution in [0.15, 0.2) is 11.8 Å². The van der Waals surface area contributed by atoms with E-state index in [1.54, 1.807) is 0 Å². The second-order valence-corrected chi connectivity index (χ2v) is 3.65. The first kappa shape index (κ1) is 12.7. The SMILES string of the molecule is C[C@@H](O)C1C(=O)N2C(C(=O)[O-])=CCC12.[Na+]. The summed E-state index contributed by atoms with van der Waals surface area (Å²) in [7, 11) is 0. The fraction of sp³-hybridized carbons (Fsp3) is 0.556. The summed E-state index contributed by atoms with van der Waals surface area (Å²) in [5, 5.41) is 19.9. The number of aliphatic hydroxyl groups is 1. The fourth-order valence-corrected chi connectivity index (χ4v) is 2.16. The maximum absolute atomic E-state index is 11.4. The van der Waals surface area contributed by atoms with Crippen LogP contribution in [-0.2, 0) is 9.59 Å². The Balaban J connectivity index is 0.00000112. The Morgan fingerprint density at radius 1 is 1.73 bits per heavy atom. The second-order valence-electron chi connectivity index (χ2n) is 3.65. The Morgan fingerprint density at radius 3 is 2.80 bits per heavy atom. The van der Waals surface area contributed by atoms with E-state index in [0.717, 1.165) is 0 Å². The summed E-state index contributed by atoms with van der Waals surface area (Å²) in [6.45, 7) is 1.54. The predicted octanol–water partition coefficient (Wildman–Crippen LogP) is -4.76. The fourth-order valence-electron chi connectivity index (χ4n) is 2.16. The van der Waals surface area contributed by atoms with Crippen molar-refractivity contribution in [1.29, 1.82) is 0 Å². The van der Waals surface area contributed by atoms with Gasteiger partial charge in [0.1, 0.15) is 0 Å². The first-order valence-corrected chi connectivity index (χ1v) is 4.46. The van der Waals surface area contributed by atoms with Crippen molar-refractivity contribution in [2.75, 3.05) is 0 Å². The molecule has 0 aliphatic carbocycles. The third-order valence-electron chi connectivity index (χ3n) is 2.81. The van der Waals surface area contributed by atoms with Crippen LogP contribution in [0.1, 0.15) is 13.3 Å². The van der Waals surface area contributed by atoms with E-state index >= 15 is 0 Å². The van der Waals surface area contributed by atoms with E-state index < -0.39 is 18.0 Å². The number of β-lactam (4-membered cyclic amide) rings is 1. The molecule has 2 unspecified atom stereocenters. The topological polar surface area (TPSA) is 80.7 Å². The molecule has 2 rings (SSSR count). The van der Waals surface area contributed by atoms with E-state index in [4.69, 9.17) is 0 Å². The third-order valence-corrected chi connectivity index (χ3v) is 2.81. The van der Waals surface area contributed by atoms with E-state index in [9.17, 15) is 19.8 Å². The van der Waals surface area contributed by atoms with Gasteiger partial charge in [-0.1, -0.05) is 6.08 Å². The van der Waals surface area contributed by atoms with Crippen LogP contribution in [0.25, 0.3) is 0 Å². The molecule has 1 fully saturated rings. The number of rotatable bonds is 2. The van der Waals surface area contributed by atoms with Gasteiger partial charge in [0.25, 0.3) is 0 Å². The van der Waals surface area contributed by atoms with Gasteiger partial charge in [-0.15, -0.1) is 0 Å². The van der Waals surface area contributed by atoms with Crippen LogP contribution in [0.5, 0.6) is 0 Å². The van der Waals surface area contributed by atoms with Crippen molar-refractivity contribution >= 4 is 11.9 Å². The molecular weight excluding hydrogens is 209 g/mol. The van der Waals surface area contributed by atoms with Gasteiger partial charge in [-0.05, 0) is 13.3 Å². The minimum atomic E-state index is -1.33. The molecular formula is C9H10NNaO4. The van der Waals surface area contributed by atoms with Gasteiger partial charge in [-0.3, -0.25) is 4.79 Å². The first-order valence-electron chi connectivity index (χ1n) is 4.46. The molecule has 15 heavy (non-hydrogen) atoms. The zero-order valence-corrected chi connectivity index (χ0v) is 10.6. The molecule has 1 N–H and O–H groups in total. The zero-order valence-electron chi connectivity index (χ0n) is 8.64. The summed E-state index contributed by atoms with van der Waals surface area (Å²) in [4.78, 5) is 23.2. The molecule has 0 aromatic rings. The number of hydrogen-bond donors (Lipinski definition) is 1. The average molecular weight is 219 g/mol. The number of nitrogens with zero attached hydrogens (tertiary/aromatic N) is 1. The molecule has 0 aromatic carbocycles. The number of carbonyl (C=O) groups excluding carboxylic acids is 2. The monoisotopic (exact) mass is 219 g/mol. The third kappa shape index (κ3) is 1.73. The van der Waals surface area contributed by atoms with Crippen molar-refractivity contribution in [3.8, 4) is 0 Å². The Hall–Kier alpha value is -0.360. The number of carboxylic acids is 1. The van der Waals surface area contributed by atoms with Crippen molar-refractivity contribution in [3.63, 3.8) is 0 Å². The van der Waals surface area contributed by atoms with Crippen LogP contribution >= 0.6 is 0 Å². The van der Waals surface area contributed by atoms with Crippen LogP contribution in [-0.4, -0.2) is 34.0 Å². The molecule has 6 heteroatoms. The van der Waals surface area contributed by atoms with Crippen LogP contribution in [0.4, 0.5) is 0 Å². The average Bonchev–Trinajstić information content (AvgIpc) is 2.42. The van der Waals surface area contributed by atoms with Gasteiger partial charge < -0.3 is 19.9 Å². The molecule has 3 atom stereocenters. The standard InChI is InChI=1S/C9H11NO4.Na/c1-4(11)7-5-2-3-6(9(13)14)10(5)8(7)12;/h3-5,7,11H,2H2,1H3,(H,13,14);/q;+1/p-1/t4-,5?,7?;/m1./s1. The molecule has 0 radical (unpaired) electrons. The minimum Gasteiger partial charge on any atom is -0.543 e. The van der Waals surface area contributed by atoms with Crippen molar-refractivity contribution < 1.29 is 49.4 Å². The predicted molar refractivity (Wildman–Crippen MR) is 43.5 cm³/mol. The van der Waals surface area contributed by atoms with Crippen LogP contribution in [0.3, 0.4) is 0 Å². The molecule has 0 aromatic heterocycles. The minimum absolute atomic E-state index is 0. The number of carbonyl (C=O) groups is 2. The van der Waals surface area contributed by atoms with Gasteiger partial charge in [0.15, 0.2) is 0 Å². The number of amides is 1. The van der Waals surface area contributed by atoms with E-state index in [1.807, 2.05) is 0 Å². The molecule has 0 saturated carbocycles. The van der Waals surface area contributed by atoms with Gasteiger partial charge in [0.05, 0.1) is 29.7 Å². The number of hydrogen-bond acceptors (Lipinski definition) is 4. The van der Waals surface area contributed by atoms with Crippen molar-refractivity contribution in [2.24, 2.45) is 5.92 Å². The summed E-state index contributed by atoms with van der Waals surface area (Å²) in [6.07, 6.45) is 1.24. The summed E-state index contributed by atoms with van der Waals surface area (Å²) in [5.41, 5.74) is -0.0584. The van der Waals surface area contributed by atoms with Crippen LogP contribution in [0.2, 0.25) is 0 Å². The van der Waals surface area contributed by atoms with Crippen LogP contribution in [0, 0.1) is 5.92 Å². The smallest absolute Gasteiger partial charge is 0.543 e. The molecule has 2 aliphatic rings. The number of aliphatic carboxylic acids is 1. The largest absolute Gasteiger partial charge is 1.00 e. The molecule has 2 heterocycles. The normalized spacial score (nSPS) is 29.9. The molecule has 76 valence electrons. The summed E-state index contributed by atoms with van der Waals surface area (Å²) < 4.78 is 0. The summed E-state index contributed by atoms with van der Waals surface area (Å²) in [6, 6.07) is -0.185. The molecule has 0 spiro atoms. The second kappa shape index (κ2) is 4.25. The Morgan fingerprint density at radius 2 is 2.33 bits per heavy atom. The van der Waals surface area contributed by atoms with E-state index in [1.165, 1.54) is 17.9 Å². The Bertz CT molecular complexity index is 339. The number of fused-ring (bicyclic) bond motifs is 1. The van der Waals surface area contributed by atoms with E-state index in [0.29, 0.717) is 6.42 Å². The maximum Gasteiger partial charge on any atom is 1.00 e. The van der Waals surface area contributed by atoms with Gasteiger partial charge in [-0.25, -0.2) is 0 Å². The Kier molecular flexibility index (Phi) is 3.60. The molecule has 1 amide bonds. The van der Waals surface area contributed by atoms with E-state index in [2.05, 4.69) is 0 Å². The molecule has 1 saturated heterocycles. The maximum atomic E-state index is 11.4. The van der Waals surface area contributed by atoms with E-state index in [-0.39, 0.29) is 47.2 Å². The van der Waals surface area contributed by atoms with Gasteiger partial charge >= 0.3 is 29.6 Å². The summed E-state index contributed by atoms with van der Waals surface area (Å²) >= 11 is 0. The van der Waals surface area contributed by atoms with Gasteiger partial charge in [0.2, 0.25) is 5.91 Å². The molecule has 0 bridgehead atoms. The molecule has 2 aliphatic heterocycles. The van der Waals surface area contributed by atoms with Crippen LogP contribution < -0.4 is 34.7 Å². The van der Waals surface area contributed by atoms with Crippen molar-refractivity contribution in [3.05, 3.63) is 11.8 Å². The molecule has 5 nitrogen and oxygen atoms in total. The first-order chi connectivity index (χ1) is 6.54. The van der Waals surface area contributed by atoms with Crippen molar-refractivity contribution in [1.82, 2.24) is 4.90 Å². The van der Waals surface area contributed by atoms with Gasteiger partial charge in [0, 0.05) is 0 Å². The number of aliphatic hydroxyl groups excluding tert-OH is 1. The summed E-state index contributed by atoms with van der Waals surface area (Å²) in [5.74, 6) is -2.11. The quantitative estimate of drug-likeness (QED) is 0.373. The number of carboxylic acid groups (broad SMARTS) is 1. The zero-order chi connectivity index (χ0) is 10.5. The Labute approximate surface area is 109 Å². The van der Waals surface area contributed by atoms with Gasteiger partial charge in [-0.2, -0.15) is 0 Å². The van der Waals surface area contributed by atoms with Crippen molar-refractivity contribution in [2.45, 2.75) is 25.5 Å².